The van der Waals surface area contributed by atoms with Gasteiger partial charge in [0.15, 0.2) is 5.13 Å². The number of aliphatic carboxylic acids is 1. The number of nitrogens with one attached hydrogen (secondary N) is 2. The van der Waals surface area contributed by atoms with Crippen LogP contribution in [0.2, 0.25) is 0 Å². The van der Waals surface area contributed by atoms with E-state index >= 15 is 0 Å². The highest BCUT2D eigenvalue weighted by Gasteiger charge is 2.54. The van der Waals surface area contributed by atoms with Crippen LogP contribution in [-0.2, 0) is 24.0 Å². The molecule has 14 nitrogen and oxygen atoms in total. The van der Waals surface area contributed by atoms with Gasteiger partial charge in [0.2, 0.25) is 11.5 Å². The van der Waals surface area contributed by atoms with Crippen LogP contribution in [0.3, 0.4) is 0 Å². The SMILES string of the molecule is CC1=C(C(=O)O)N2C(=O)C(NC(=O)C(=NOCCCNC(=O)OC(C)(C)C)c3nsc(N)n3)[C@H]2SC1. The molecule has 1 fully saturated rings. The van der Waals surface area contributed by atoms with Gasteiger partial charge < -0.3 is 31.0 Å². The van der Waals surface area contributed by atoms with Crippen molar-refractivity contribution >= 4 is 58.0 Å². The summed E-state index contributed by atoms with van der Waals surface area (Å²) in [5.74, 6) is -2.19. The van der Waals surface area contributed by atoms with Crippen molar-refractivity contribution in [1.29, 1.82) is 0 Å². The summed E-state index contributed by atoms with van der Waals surface area (Å²) < 4.78 is 9.11. The number of carboxylic acids is 1. The number of nitrogens with two attached hydrogens (primary N) is 1. The number of nitrogen functional groups attached to an aromatic ring is 1. The number of rotatable bonds is 9. The number of fused-ring (bicyclic) bond motifs is 1. The summed E-state index contributed by atoms with van der Waals surface area (Å²) in [4.78, 5) is 59.2. The third kappa shape index (κ3) is 6.42. The molecular weight excluding hydrogens is 514 g/mol. The molecule has 0 spiro atoms. The Morgan fingerprint density at radius 2 is 2.06 bits per heavy atom. The van der Waals surface area contributed by atoms with E-state index in [4.69, 9.17) is 15.3 Å². The molecule has 0 radical (unpaired) electrons. The Labute approximate surface area is 214 Å². The van der Waals surface area contributed by atoms with E-state index in [1.54, 1.807) is 27.7 Å². The average Bonchev–Trinajstić information content (AvgIpc) is 3.20. The fraction of sp³-hybridized carbons (Fsp3) is 0.550. The number of hydrogen-bond acceptors (Lipinski definition) is 12. The van der Waals surface area contributed by atoms with Crippen LogP contribution in [0.1, 0.15) is 39.9 Å². The minimum atomic E-state index is -1.20. The largest absolute Gasteiger partial charge is 0.477 e. The first-order valence-corrected chi connectivity index (χ1v) is 12.7. The molecule has 0 aliphatic carbocycles. The summed E-state index contributed by atoms with van der Waals surface area (Å²) in [6.45, 7) is 7.20. The van der Waals surface area contributed by atoms with Crippen LogP contribution < -0.4 is 16.4 Å². The lowest BCUT2D eigenvalue weighted by Gasteiger charge is -2.49. The van der Waals surface area contributed by atoms with Gasteiger partial charge in [-0.15, -0.1) is 11.8 Å². The van der Waals surface area contributed by atoms with E-state index < -0.39 is 40.9 Å². The second-order valence-corrected chi connectivity index (χ2v) is 10.7. The molecular formula is C20H27N7O7S2. The zero-order chi connectivity index (χ0) is 26.6. The molecule has 1 unspecified atom stereocenters. The minimum absolute atomic E-state index is 0.0485. The van der Waals surface area contributed by atoms with Gasteiger partial charge >= 0.3 is 12.1 Å². The van der Waals surface area contributed by atoms with Gasteiger partial charge in [0.05, 0.1) is 0 Å². The molecule has 2 aliphatic rings. The number of oxime groups is 1. The lowest BCUT2D eigenvalue weighted by molar-refractivity contribution is -0.150. The van der Waals surface area contributed by atoms with Crippen molar-refractivity contribution < 1.29 is 33.9 Å². The Kier molecular flexibility index (Phi) is 8.39. The number of aromatic nitrogens is 2. The van der Waals surface area contributed by atoms with E-state index in [0.29, 0.717) is 17.7 Å². The van der Waals surface area contributed by atoms with Crippen LogP contribution >= 0.6 is 23.3 Å². The number of carbonyl (C=O) groups is 4. The highest BCUT2D eigenvalue weighted by molar-refractivity contribution is 8.00. The van der Waals surface area contributed by atoms with Crippen molar-refractivity contribution in [3.8, 4) is 0 Å². The molecule has 3 amide bonds. The van der Waals surface area contributed by atoms with Crippen LogP contribution in [-0.4, -0.2) is 84.9 Å². The molecule has 0 bridgehead atoms. The molecule has 0 saturated carbocycles. The van der Waals surface area contributed by atoms with E-state index in [9.17, 15) is 24.3 Å². The van der Waals surface area contributed by atoms with Crippen LogP contribution in [0.5, 0.6) is 0 Å². The Bertz CT molecular complexity index is 1110. The van der Waals surface area contributed by atoms with Crippen LogP contribution in [0.25, 0.3) is 0 Å². The summed E-state index contributed by atoms with van der Waals surface area (Å²) >= 11 is 2.20. The van der Waals surface area contributed by atoms with Crippen molar-refractivity contribution in [2.75, 3.05) is 24.6 Å². The molecule has 3 rings (SSSR count). The Hall–Kier alpha value is -3.40. The maximum Gasteiger partial charge on any atom is 0.407 e. The first kappa shape index (κ1) is 27.2. The average molecular weight is 542 g/mol. The maximum atomic E-state index is 13.0. The number of thioether (sulfide) groups is 1. The van der Waals surface area contributed by atoms with Gasteiger partial charge in [-0.2, -0.15) is 9.36 Å². The first-order valence-electron chi connectivity index (χ1n) is 10.8. The van der Waals surface area contributed by atoms with Crippen LogP contribution in [0, 0.1) is 0 Å². The van der Waals surface area contributed by atoms with Crippen molar-refractivity contribution in [3.63, 3.8) is 0 Å². The number of ether oxygens (including phenoxy) is 1. The molecule has 1 aromatic heterocycles. The summed E-state index contributed by atoms with van der Waals surface area (Å²) in [6.07, 6.45) is -0.202. The van der Waals surface area contributed by atoms with E-state index in [1.165, 1.54) is 16.7 Å². The smallest absolute Gasteiger partial charge is 0.407 e. The van der Waals surface area contributed by atoms with Crippen molar-refractivity contribution in [1.82, 2.24) is 24.9 Å². The third-order valence-electron chi connectivity index (χ3n) is 4.75. The Morgan fingerprint density at radius 3 is 2.67 bits per heavy atom. The van der Waals surface area contributed by atoms with Gasteiger partial charge in [-0.05, 0) is 33.3 Å². The highest BCUT2D eigenvalue weighted by Crippen LogP contribution is 2.40. The number of anilines is 1. The second-order valence-electron chi connectivity index (χ2n) is 8.81. The van der Waals surface area contributed by atoms with Gasteiger partial charge in [-0.25, -0.2) is 9.59 Å². The van der Waals surface area contributed by atoms with Crippen molar-refractivity contribution in [3.05, 3.63) is 17.1 Å². The van der Waals surface area contributed by atoms with Gasteiger partial charge in [0, 0.05) is 30.3 Å². The van der Waals surface area contributed by atoms with Crippen molar-refractivity contribution in [2.24, 2.45) is 5.16 Å². The predicted octanol–water partition coefficient (Wildman–Crippen LogP) is 0.514. The Balaban J connectivity index is 1.60. The van der Waals surface area contributed by atoms with E-state index in [2.05, 4.69) is 25.1 Å². The molecule has 36 heavy (non-hydrogen) atoms. The zero-order valence-corrected chi connectivity index (χ0v) is 21.7. The molecule has 2 aliphatic heterocycles. The molecule has 1 saturated heterocycles. The van der Waals surface area contributed by atoms with E-state index in [0.717, 1.165) is 11.5 Å². The molecule has 1 aromatic rings. The molecule has 5 N–H and O–H groups in total. The number of carbonyl (C=O) groups excluding carboxylic acids is 3. The fourth-order valence-corrected chi connectivity index (χ4v) is 4.98. The normalized spacial score (nSPS) is 19.8. The summed E-state index contributed by atoms with van der Waals surface area (Å²) in [5.41, 5.74) is 5.22. The number of β-lactam (4-membered cyclic amide) rings is 1. The predicted molar refractivity (Wildman–Crippen MR) is 131 cm³/mol. The topological polar surface area (TPSA) is 198 Å². The number of alkyl carbamates (subject to hydrolysis) is 1. The summed E-state index contributed by atoms with van der Waals surface area (Å²) in [7, 11) is 0. The highest BCUT2D eigenvalue weighted by atomic mass is 32.2. The van der Waals surface area contributed by atoms with E-state index in [1.807, 2.05) is 0 Å². The molecule has 2 atom stereocenters. The summed E-state index contributed by atoms with van der Waals surface area (Å²) in [5, 5.41) is 18.0. The maximum absolute atomic E-state index is 13.0. The lowest BCUT2D eigenvalue weighted by atomic mass is 10.0. The quantitative estimate of drug-likeness (QED) is 0.147. The molecule has 16 heteroatoms. The molecule has 196 valence electrons. The number of hydrogen-bond donors (Lipinski definition) is 4. The van der Waals surface area contributed by atoms with Crippen LogP contribution in [0.15, 0.2) is 16.4 Å². The third-order valence-corrected chi connectivity index (χ3v) is 6.72. The monoisotopic (exact) mass is 541 g/mol. The number of carboxylic acid groups (broad SMARTS) is 1. The zero-order valence-electron chi connectivity index (χ0n) is 20.1. The van der Waals surface area contributed by atoms with Gasteiger partial charge in [-0.3, -0.25) is 14.5 Å². The summed E-state index contributed by atoms with van der Waals surface area (Å²) in [6, 6.07) is -0.954. The first-order chi connectivity index (χ1) is 16.9. The molecule has 3 heterocycles. The number of nitrogens with zero attached hydrogens (tertiary/aromatic N) is 4. The minimum Gasteiger partial charge on any atom is -0.477 e. The fourth-order valence-electron chi connectivity index (χ4n) is 3.25. The second kappa shape index (κ2) is 11.1. The standard InChI is InChI=1S/C20H27N7O7S2/c1-9-8-35-16-11(15(29)27(16)12(9)17(30)31)23-14(28)10(13-24-18(21)36-26-13)25-33-7-5-6-22-19(32)34-20(2,3)4/h11,16H,5-8H2,1-4H3,(H,22,32)(H,23,28)(H,30,31)(H2,21,24,26)/t11?,16-/m1/s1. The van der Waals surface area contributed by atoms with Crippen molar-refractivity contribution in [2.45, 2.75) is 51.1 Å². The molecule has 0 aromatic carbocycles. The Morgan fingerprint density at radius 1 is 1.33 bits per heavy atom. The lowest BCUT2D eigenvalue weighted by Crippen LogP contribution is -2.71. The van der Waals surface area contributed by atoms with E-state index in [-0.39, 0.29) is 35.5 Å². The van der Waals surface area contributed by atoms with Gasteiger partial charge in [-0.1, -0.05) is 5.16 Å². The van der Waals surface area contributed by atoms with Gasteiger partial charge in [0.1, 0.15) is 29.3 Å². The van der Waals surface area contributed by atoms with Gasteiger partial charge in [0.25, 0.3) is 11.8 Å². The van der Waals surface area contributed by atoms with Crippen LogP contribution in [0.4, 0.5) is 9.93 Å². The number of amides is 3.